The summed E-state index contributed by atoms with van der Waals surface area (Å²) in [6.45, 7) is 1.59. The van der Waals surface area contributed by atoms with Crippen molar-refractivity contribution in [3.63, 3.8) is 0 Å². The summed E-state index contributed by atoms with van der Waals surface area (Å²) in [5, 5.41) is 1.79. The van der Waals surface area contributed by atoms with Crippen molar-refractivity contribution >= 4 is 15.7 Å². The minimum absolute atomic E-state index is 0.0101. The summed E-state index contributed by atoms with van der Waals surface area (Å²) >= 11 is 0. The van der Waals surface area contributed by atoms with Crippen molar-refractivity contribution in [2.45, 2.75) is 25.0 Å². The Morgan fingerprint density at radius 3 is 2.33 bits per heavy atom. The fraction of sp³-hybridized carbons (Fsp3) is 0.500. The maximum absolute atomic E-state index is 12.0. The third-order valence-electron chi connectivity index (χ3n) is 2.96. The molecule has 5 nitrogen and oxygen atoms in total. The second-order valence-electron chi connectivity index (χ2n) is 4.64. The molecule has 1 aromatic carbocycles. The van der Waals surface area contributed by atoms with Gasteiger partial charge in [-0.1, -0.05) is 18.6 Å². The van der Waals surface area contributed by atoms with Crippen LogP contribution in [-0.4, -0.2) is 26.5 Å². The van der Waals surface area contributed by atoms with Crippen LogP contribution < -0.4 is 10.6 Å². The minimum atomic E-state index is -3.31. The first-order valence-electron chi connectivity index (χ1n) is 6.15. The molecule has 0 bridgehead atoms. The van der Waals surface area contributed by atoms with Crippen molar-refractivity contribution in [1.82, 2.24) is 9.84 Å². The Kier molecular flexibility index (Phi) is 4.21. The minimum Gasteiger partial charge on any atom is -0.399 e. The number of anilines is 1. The molecule has 1 aliphatic rings. The molecule has 0 saturated carbocycles. The van der Waals surface area contributed by atoms with Crippen LogP contribution in [-0.2, 0) is 15.8 Å². The van der Waals surface area contributed by atoms with Crippen LogP contribution in [0.5, 0.6) is 0 Å². The number of hydrogen-bond donors (Lipinski definition) is 2. The molecule has 100 valence electrons. The molecular formula is C12H19N3O2S. The zero-order chi connectivity index (χ0) is 13.0. The Labute approximate surface area is 108 Å². The fourth-order valence-corrected chi connectivity index (χ4v) is 3.32. The van der Waals surface area contributed by atoms with Gasteiger partial charge in [-0.2, -0.15) is 0 Å². The van der Waals surface area contributed by atoms with Crippen LogP contribution in [0.15, 0.2) is 24.3 Å². The number of rotatable bonds is 4. The number of hydrazine groups is 1. The molecular weight excluding hydrogens is 250 g/mol. The number of nitrogen functional groups attached to an aromatic ring is 1. The van der Waals surface area contributed by atoms with Gasteiger partial charge in [0.15, 0.2) is 0 Å². The average Bonchev–Trinajstić information content (AvgIpc) is 2.32. The molecule has 0 radical (unpaired) electrons. The molecule has 0 atom stereocenters. The Balaban J connectivity index is 1.96. The van der Waals surface area contributed by atoms with Crippen molar-refractivity contribution in [1.29, 1.82) is 0 Å². The first kappa shape index (κ1) is 13.3. The van der Waals surface area contributed by atoms with Crippen molar-refractivity contribution in [2.24, 2.45) is 0 Å². The molecule has 0 aromatic heterocycles. The molecule has 1 fully saturated rings. The second-order valence-corrected chi connectivity index (χ2v) is 6.34. The quantitative estimate of drug-likeness (QED) is 0.802. The number of sulfonamides is 1. The highest BCUT2D eigenvalue weighted by atomic mass is 32.2. The van der Waals surface area contributed by atoms with Gasteiger partial charge in [0, 0.05) is 18.8 Å². The third kappa shape index (κ3) is 3.97. The largest absolute Gasteiger partial charge is 0.399 e. The van der Waals surface area contributed by atoms with E-state index in [2.05, 4.69) is 4.83 Å². The summed E-state index contributed by atoms with van der Waals surface area (Å²) in [5.41, 5.74) is 6.95. The number of benzene rings is 1. The Bertz CT molecular complexity index is 479. The van der Waals surface area contributed by atoms with Crippen LogP contribution >= 0.6 is 0 Å². The predicted octanol–water partition coefficient (Wildman–Crippen LogP) is 1.09. The highest BCUT2D eigenvalue weighted by Gasteiger charge is 2.18. The van der Waals surface area contributed by atoms with Crippen molar-refractivity contribution in [3.8, 4) is 0 Å². The van der Waals surface area contributed by atoms with E-state index in [1.165, 1.54) is 6.42 Å². The zero-order valence-corrected chi connectivity index (χ0v) is 11.1. The van der Waals surface area contributed by atoms with E-state index in [9.17, 15) is 8.42 Å². The Hall–Kier alpha value is -1.11. The highest BCUT2D eigenvalue weighted by molar-refractivity contribution is 7.88. The fourth-order valence-electron chi connectivity index (χ4n) is 2.05. The predicted molar refractivity (Wildman–Crippen MR) is 72.0 cm³/mol. The van der Waals surface area contributed by atoms with Gasteiger partial charge in [0.2, 0.25) is 10.0 Å². The van der Waals surface area contributed by atoms with E-state index < -0.39 is 10.0 Å². The summed E-state index contributed by atoms with van der Waals surface area (Å²) in [4.78, 5) is 2.63. The molecule has 2 rings (SSSR count). The van der Waals surface area contributed by atoms with E-state index in [0.717, 1.165) is 31.5 Å². The summed E-state index contributed by atoms with van der Waals surface area (Å²) in [6, 6.07) is 6.91. The smallest absolute Gasteiger partial charge is 0.228 e. The lowest BCUT2D eigenvalue weighted by molar-refractivity contribution is 0.200. The molecule has 0 spiro atoms. The van der Waals surface area contributed by atoms with Crippen molar-refractivity contribution in [2.75, 3.05) is 18.8 Å². The van der Waals surface area contributed by atoms with Gasteiger partial charge in [-0.05, 0) is 30.5 Å². The SMILES string of the molecule is Nc1ccc(CS(=O)(=O)NN2CCCCC2)cc1. The van der Waals surface area contributed by atoms with Crippen LogP contribution in [0, 0.1) is 0 Å². The van der Waals surface area contributed by atoms with Crippen LogP contribution in [0.25, 0.3) is 0 Å². The van der Waals surface area contributed by atoms with Gasteiger partial charge in [0.25, 0.3) is 0 Å². The van der Waals surface area contributed by atoms with Gasteiger partial charge in [0.1, 0.15) is 0 Å². The summed E-state index contributed by atoms with van der Waals surface area (Å²) < 4.78 is 23.9. The Morgan fingerprint density at radius 1 is 1.11 bits per heavy atom. The van der Waals surface area contributed by atoms with Gasteiger partial charge in [-0.25, -0.2) is 13.4 Å². The Morgan fingerprint density at radius 2 is 1.72 bits per heavy atom. The molecule has 0 aliphatic carbocycles. The van der Waals surface area contributed by atoms with Gasteiger partial charge in [0.05, 0.1) is 5.75 Å². The van der Waals surface area contributed by atoms with E-state index in [1.54, 1.807) is 29.3 Å². The van der Waals surface area contributed by atoms with E-state index >= 15 is 0 Å². The highest BCUT2D eigenvalue weighted by Crippen LogP contribution is 2.11. The number of hydrogen-bond acceptors (Lipinski definition) is 4. The summed E-state index contributed by atoms with van der Waals surface area (Å²) in [5.74, 6) is -0.0101. The van der Waals surface area contributed by atoms with Gasteiger partial charge in [-0.3, -0.25) is 0 Å². The zero-order valence-electron chi connectivity index (χ0n) is 10.3. The van der Waals surface area contributed by atoms with Crippen LogP contribution in [0.2, 0.25) is 0 Å². The number of piperidine rings is 1. The first-order chi connectivity index (χ1) is 8.55. The molecule has 0 amide bonds. The normalized spacial score (nSPS) is 17.8. The van der Waals surface area contributed by atoms with E-state index in [-0.39, 0.29) is 5.75 Å². The topological polar surface area (TPSA) is 75.4 Å². The standard InChI is InChI=1S/C12H19N3O2S/c13-12-6-4-11(5-7-12)10-18(16,17)14-15-8-2-1-3-9-15/h4-7,14H,1-3,8-10,13H2. The van der Waals surface area contributed by atoms with Crippen molar-refractivity contribution < 1.29 is 8.42 Å². The molecule has 1 aliphatic heterocycles. The maximum atomic E-state index is 12.0. The van der Waals surface area contributed by atoms with Crippen LogP contribution in [0.3, 0.4) is 0 Å². The molecule has 18 heavy (non-hydrogen) atoms. The molecule has 1 heterocycles. The van der Waals surface area contributed by atoms with E-state index in [0.29, 0.717) is 5.69 Å². The third-order valence-corrected chi connectivity index (χ3v) is 4.21. The van der Waals surface area contributed by atoms with Gasteiger partial charge >= 0.3 is 0 Å². The number of nitrogens with one attached hydrogen (secondary N) is 1. The number of nitrogens with two attached hydrogens (primary N) is 1. The second kappa shape index (κ2) is 5.69. The van der Waals surface area contributed by atoms with Crippen LogP contribution in [0.1, 0.15) is 24.8 Å². The monoisotopic (exact) mass is 269 g/mol. The summed E-state index contributed by atoms with van der Waals surface area (Å²) in [7, 11) is -3.31. The molecule has 1 saturated heterocycles. The molecule has 6 heteroatoms. The molecule has 1 aromatic rings. The van der Waals surface area contributed by atoms with E-state index in [1.807, 2.05) is 0 Å². The maximum Gasteiger partial charge on any atom is 0.228 e. The molecule has 0 unspecified atom stereocenters. The van der Waals surface area contributed by atoms with E-state index in [4.69, 9.17) is 5.73 Å². The lowest BCUT2D eigenvalue weighted by Crippen LogP contribution is -2.45. The van der Waals surface area contributed by atoms with Crippen molar-refractivity contribution in [3.05, 3.63) is 29.8 Å². The lowest BCUT2D eigenvalue weighted by Gasteiger charge is -2.26. The number of nitrogens with zero attached hydrogens (tertiary/aromatic N) is 1. The average molecular weight is 269 g/mol. The van der Waals surface area contributed by atoms with Gasteiger partial charge in [-0.15, -0.1) is 4.83 Å². The van der Waals surface area contributed by atoms with Gasteiger partial charge < -0.3 is 5.73 Å². The summed E-state index contributed by atoms with van der Waals surface area (Å²) in [6.07, 6.45) is 3.27. The first-order valence-corrected chi connectivity index (χ1v) is 7.80. The lowest BCUT2D eigenvalue weighted by atomic mass is 10.2. The molecule has 3 N–H and O–H groups in total. The van der Waals surface area contributed by atoms with Crippen LogP contribution in [0.4, 0.5) is 5.69 Å².